The van der Waals surface area contributed by atoms with E-state index in [9.17, 15) is 4.79 Å². The van der Waals surface area contributed by atoms with Crippen molar-refractivity contribution in [2.45, 2.75) is 19.0 Å². The van der Waals surface area contributed by atoms with Crippen LogP contribution < -0.4 is 0 Å². The van der Waals surface area contributed by atoms with Gasteiger partial charge in [-0.1, -0.05) is 94.8 Å². The molecule has 172 valence electrons. The number of rotatable bonds is 4. The Labute approximate surface area is 213 Å². The SMILES string of the molecule is C[C@H](c1ccccc1)N1C(=O)c2ccccc2[C@@H]1c1c(-c2ccc(Br)cc2)n(C)c2ccccc12. The molecule has 5 aromatic rings. The van der Waals surface area contributed by atoms with Gasteiger partial charge in [0.1, 0.15) is 0 Å². The zero-order valence-electron chi connectivity index (χ0n) is 19.7. The number of aryl methyl sites for hydroxylation is 1. The summed E-state index contributed by atoms with van der Waals surface area (Å²) in [5.74, 6) is 0.0802. The number of aromatic nitrogens is 1. The molecule has 0 saturated heterocycles. The highest BCUT2D eigenvalue weighted by Gasteiger charge is 2.43. The summed E-state index contributed by atoms with van der Waals surface area (Å²) >= 11 is 3.58. The Morgan fingerprint density at radius 1 is 0.800 bits per heavy atom. The van der Waals surface area contributed by atoms with E-state index in [0.29, 0.717) is 0 Å². The van der Waals surface area contributed by atoms with Crippen LogP contribution >= 0.6 is 15.9 Å². The fourth-order valence-corrected chi connectivity index (χ4v) is 5.84. The molecule has 6 rings (SSSR count). The van der Waals surface area contributed by atoms with E-state index >= 15 is 0 Å². The van der Waals surface area contributed by atoms with Gasteiger partial charge in [0.25, 0.3) is 5.91 Å². The van der Waals surface area contributed by atoms with Gasteiger partial charge in [-0.05, 0) is 47.9 Å². The van der Waals surface area contributed by atoms with Crippen LogP contribution in [-0.4, -0.2) is 15.4 Å². The van der Waals surface area contributed by atoms with Crippen LogP contribution in [0.25, 0.3) is 22.2 Å². The van der Waals surface area contributed by atoms with Gasteiger partial charge in [-0.3, -0.25) is 4.79 Å². The molecular weight excluding hydrogens is 496 g/mol. The molecule has 1 amide bonds. The molecule has 0 spiro atoms. The molecule has 0 N–H and O–H groups in total. The van der Waals surface area contributed by atoms with Gasteiger partial charge in [-0.25, -0.2) is 0 Å². The van der Waals surface area contributed by atoms with Crippen LogP contribution in [0, 0.1) is 0 Å². The van der Waals surface area contributed by atoms with Gasteiger partial charge in [0.2, 0.25) is 0 Å². The first kappa shape index (κ1) is 21.9. The summed E-state index contributed by atoms with van der Waals surface area (Å²) in [6.07, 6.45) is 0. The van der Waals surface area contributed by atoms with Crippen LogP contribution in [0.15, 0.2) is 108 Å². The van der Waals surface area contributed by atoms with Crippen LogP contribution in [0.2, 0.25) is 0 Å². The summed E-state index contributed by atoms with van der Waals surface area (Å²) in [6, 6.07) is 35.1. The average molecular weight is 521 g/mol. The van der Waals surface area contributed by atoms with Crippen LogP contribution in [0.3, 0.4) is 0 Å². The maximum atomic E-state index is 13.9. The highest BCUT2D eigenvalue weighted by Crippen LogP contribution is 2.49. The van der Waals surface area contributed by atoms with E-state index in [-0.39, 0.29) is 18.0 Å². The lowest BCUT2D eigenvalue weighted by Crippen LogP contribution is -2.31. The summed E-state index contributed by atoms with van der Waals surface area (Å²) in [5, 5.41) is 1.17. The monoisotopic (exact) mass is 520 g/mol. The molecule has 1 aromatic heterocycles. The van der Waals surface area contributed by atoms with Gasteiger partial charge in [-0.15, -0.1) is 0 Å². The molecule has 0 radical (unpaired) electrons. The van der Waals surface area contributed by atoms with Gasteiger partial charge in [0.15, 0.2) is 0 Å². The summed E-state index contributed by atoms with van der Waals surface area (Å²) in [5.41, 5.74) is 7.58. The Bertz CT molecular complexity index is 1550. The number of halogens is 1. The lowest BCUT2D eigenvalue weighted by molar-refractivity contribution is 0.0678. The number of hydrogen-bond acceptors (Lipinski definition) is 1. The third-order valence-corrected chi connectivity index (χ3v) is 7.76. The van der Waals surface area contributed by atoms with Crippen LogP contribution in [0.4, 0.5) is 0 Å². The maximum Gasteiger partial charge on any atom is 0.255 e. The Kier molecular flexibility index (Phi) is 5.34. The smallest absolute Gasteiger partial charge is 0.255 e. The second-order valence-corrected chi connectivity index (χ2v) is 10.0. The molecule has 35 heavy (non-hydrogen) atoms. The van der Waals surface area contributed by atoms with E-state index in [0.717, 1.165) is 37.9 Å². The molecule has 0 saturated carbocycles. The Morgan fingerprint density at radius 3 is 2.23 bits per heavy atom. The van der Waals surface area contributed by atoms with Crippen LogP contribution in [0.5, 0.6) is 0 Å². The molecule has 1 aliphatic heterocycles. The lowest BCUT2D eigenvalue weighted by atomic mass is 9.92. The summed E-state index contributed by atoms with van der Waals surface area (Å²) in [7, 11) is 2.12. The number of carbonyl (C=O) groups is 1. The largest absolute Gasteiger partial charge is 0.343 e. The fraction of sp³-hybridized carbons (Fsp3) is 0.129. The molecule has 0 bridgehead atoms. The molecule has 2 heterocycles. The number of benzene rings is 4. The van der Waals surface area contributed by atoms with Gasteiger partial charge in [0.05, 0.1) is 17.8 Å². The molecule has 0 unspecified atom stereocenters. The predicted molar refractivity (Wildman–Crippen MR) is 145 cm³/mol. The predicted octanol–water partition coefficient (Wildman–Crippen LogP) is 7.91. The molecule has 3 nitrogen and oxygen atoms in total. The van der Waals surface area contributed by atoms with Crippen molar-refractivity contribution >= 4 is 32.7 Å². The fourth-order valence-electron chi connectivity index (χ4n) is 5.58. The van der Waals surface area contributed by atoms with Crippen molar-refractivity contribution in [1.29, 1.82) is 0 Å². The first-order chi connectivity index (χ1) is 17.1. The minimum Gasteiger partial charge on any atom is -0.343 e. The molecule has 4 heteroatoms. The molecule has 0 fully saturated rings. The number of carbonyl (C=O) groups excluding carboxylic acids is 1. The number of fused-ring (bicyclic) bond motifs is 2. The van der Waals surface area contributed by atoms with Crippen molar-refractivity contribution in [3.63, 3.8) is 0 Å². The molecule has 4 aromatic carbocycles. The van der Waals surface area contributed by atoms with E-state index in [2.05, 4.69) is 106 Å². The molecule has 2 atom stereocenters. The van der Waals surface area contributed by atoms with Crippen molar-refractivity contribution in [3.8, 4) is 11.3 Å². The van der Waals surface area contributed by atoms with Gasteiger partial charge < -0.3 is 9.47 Å². The van der Waals surface area contributed by atoms with E-state index in [1.165, 1.54) is 10.9 Å². The third-order valence-electron chi connectivity index (χ3n) is 7.23. The van der Waals surface area contributed by atoms with Crippen LogP contribution in [0.1, 0.15) is 46.1 Å². The normalized spacial score (nSPS) is 16.0. The zero-order chi connectivity index (χ0) is 24.1. The maximum absolute atomic E-state index is 13.9. The second kappa shape index (κ2) is 8.54. The van der Waals surface area contributed by atoms with E-state index < -0.39 is 0 Å². The Hall–Kier alpha value is -3.63. The highest BCUT2D eigenvalue weighted by molar-refractivity contribution is 9.10. The average Bonchev–Trinajstić information content (AvgIpc) is 3.35. The first-order valence-corrected chi connectivity index (χ1v) is 12.7. The molecular formula is C31H25BrN2O. The zero-order valence-corrected chi connectivity index (χ0v) is 21.2. The van der Waals surface area contributed by atoms with Crippen molar-refractivity contribution in [3.05, 3.63) is 130 Å². The van der Waals surface area contributed by atoms with E-state index in [1.54, 1.807) is 0 Å². The third kappa shape index (κ3) is 3.43. The summed E-state index contributed by atoms with van der Waals surface area (Å²) in [4.78, 5) is 16.0. The van der Waals surface area contributed by atoms with Crippen LogP contribution in [-0.2, 0) is 7.05 Å². The quantitative estimate of drug-likeness (QED) is 0.236. The summed E-state index contributed by atoms with van der Waals surface area (Å²) < 4.78 is 3.31. The van der Waals surface area contributed by atoms with Gasteiger partial charge in [0, 0.05) is 33.6 Å². The molecule has 0 aliphatic carbocycles. The standard InChI is InChI=1S/C31H25BrN2O/c1-20(21-10-4-3-5-11-21)34-30(24-12-6-7-13-25(24)31(34)35)28-26-14-8-9-15-27(26)33(2)29(28)22-16-18-23(32)19-17-22/h3-20,30H,1-2H3/t20-,30-/m1/s1. The van der Waals surface area contributed by atoms with E-state index in [4.69, 9.17) is 0 Å². The lowest BCUT2D eigenvalue weighted by Gasteiger charge is -2.32. The topological polar surface area (TPSA) is 25.2 Å². The Morgan fingerprint density at radius 2 is 1.46 bits per heavy atom. The molecule has 1 aliphatic rings. The number of para-hydroxylation sites is 1. The number of nitrogens with zero attached hydrogens (tertiary/aromatic N) is 2. The summed E-state index contributed by atoms with van der Waals surface area (Å²) in [6.45, 7) is 2.14. The van der Waals surface area contributed by atoms with Crippen molar-refractivity contribution in [2.75, 3.05) is 0 Å². The van der Waals surface area contributed by atoms with Gasteiger partial charge >= 0.3 is 0 Å². The van der Waals surface area contributed by atoms with Crippen molar-refractivity contribution in [1.82, 2.24) is 9.47 Å². The first-order valence-electron chi connectivity index (χ1n) is 11.9. The number of hydrogen-bond donors (Lipinski definition) is 0. The van der Waals surface area contributed by atoms with Gasteiger partial charge in [-0.2, -0.15) is 0 Å². The minimum absolute atomic E-state index is 0.0802. The number of amides is 1. The Balaban J connectivity index is 1.66. The highest BCUT2D eigenvalue weighted by atomic mass is 79.9. The van der Waals surface area contributed by atoms with E-state index in [1.807, 2.05) is 36.4 Å². The second-order valence-electron chi connectivity index (χ2n) is 9.13. The van der Waals surface area contributed by atoms with Crippen molar-refractivity contribution < 1.29 is 4.79 Å². The van der Waals surface area contributed by atoms with Crippen molar-refractivity contribution in [2.24, 2.45) is 7.05 Å². The minimum atomic E-state index is -0.196.